The number of carbonyl (C=O) groups is 1. The first kappa shape index (κ1) is 12.2. The van der Waals surface area contributed by atoms with Crippen molar-refractivity contribution in [3.8, 4) is 0 Å². The molecule has 1 N–H and O–H groups in total. The molecule has 17 heavy (non-hydrogen) atoms. The Bertz CT molecular complexity index is 386. The SMILES string of the molecule is CCOC(=O)N1CCC(c2ncc(Cl)[nH]2)CC1. The zero-order chi connectivity index (χ0) is 12.3. The van der Waals surface area contributed by atoms with Crippen LogP contribution in [0.25, 0.3) is 0 Å². The van der Waals surface area contributed by atoms with Gasteiger partial charge in [-0.15, -0.1) is 0 Å². The number of nitrogens with one attached hydrogen (secondary N) is 1. The zero-order valence-electron chi connectivity index (χ0n) is 9.78. The molecule has 0 radical (unpaired) electrons. The van der Waals surface area contributed by atoms with Crippen molar-refractivity contribution in [3.05, 3.63) is 17.2 Å². The smallest absolute Gasteiger partial charge is 0.409 e. The molecular formula is C11H16ClN3O2. The van der Waals surface area contributed by atoms with E-state index in [1.54, 1.807) is 11.1 Å². The summed E-state index contributed by atoms with van der Waals surface area (Å²) in [6.07, 6.45) is 3.18. The number of H-pyrrole nitrogens is 1. The highest BCUT2D eigenvalue weighted by molar-refractivity contribution is 6.29. The van der Waals surface area contributed by atoms with E-state index in [1.165, 1.54) is 0 Å². The van der Waals surface area contributed by atoms with Gasteiger partial charge in [0.05, 0.1) is 12.8 Å². The van der Waals surface area contributed by atoms with Crippen molar-refractivity contribution in [2.24, 2.45) is 0 Å². The summed E-state index contributed by atoms with van der Waals surface area (Å²) in [5.74, 6) is 1.27. The first-order chi connectivity index (χ1) is 8.20. The third-order valence-electron chi connectivity index (χ3n) is 2.97. The number of rotatable bonds is 2. The van der Waals surface area contributed by atoms with Crippen LogP contribution in [0.1, 0.15) is 31.5 Å². The van der Waals surface area contributed by atoms with Crippen LogP contribution in [-0.2, 0) is 4.74 Å². The second kappa shape index (κ2) is 5.40. The molecule has 0 bridgehead atoms. The summed E-state index contributed by atoms with van der Waals surface area (Å²) in [5, 5.41) is 0.563. The number of hydrogen-bond acceptors (Lipinski definition) is 3. The standard InChI is InChI=1S/C11H16ClN3O2/c1-2-17-11(16)15-5-3-8(4-6-15)10-13-7-9(12)14-10/h7-8H,2-6H2,1H3,(H,13,14). The molecule has 0 atom stereocenters. The molecule has 1 aromatic heterocycles. The summed E-state index contributed by atoms with van der Waals surface area (Å²) >= 11 is 5.80. The molecule has 1 aliphatic heterocycles. The lowest BCUT2D eigenvalue weighted by Crippen LogP contribution is -2.38. The molecule has 1 aromatic rings. The summed E-state index contributed by atoms with van der Waals surface area (Å²) in [6, 6.07) is 0. The fourth-order valence-electron chi connectivity index (χ4n) is 2.07. The Hall–Kier alpha value is -1.23. The second-order valence-corrected chi connectivity index (χ2v) is 4.48. The summed E-state index contributed by atoms with van der Waals surface area (Å²) in [6.45, 7) is 3.66. The van der Waals surface area contributed by atoms with Crippen LogP contribution in [0.5, 0.6) is 0 Å². The Morgan fingerprint density at radius 1 is 1.65 bits per heavy atom. The quantitative estimate of drug-likeness (QED) is 0.885. The fourth-order valence-corrected chi connectivity index (χ4v) is 2.22. The number of halogens is 1. The lowest BCUT2D eigenvalue weighted by Gasteiger charge is -2.30. The van der Waals surface area contributed by atoms with Crippen molar-refractivity contribution in [2.45, 2.75) is 25.7 Å². The minimum Gasteiger partial charge on any atom is -0.450 e. The summed E-state index contributed by atoms with van der Waals surface area (Å²) < 4.78 is 4.97. The van der Waals surface area contributed by atoms with E-state index in [0.717, 1.165) is 18.7 Å². The first-order valence-corrected chi connectivity index (χ1v) is 6.20. The second-order valence-electron chi connectivity index (χ2n) is 4.08. The molecule has 0 aromatic carbocycles. The number of hydrogen-bond donors (Lipinski definition) is 1. The predicted molar refractivity (Wildman–Crippen MR) is 64.2 cm³/mol. The van der Waals surface area contributed by atoms with Gasteiger partial charge >= 0.3 is 6.09 Å². The number of aromatic nitrogens is 2. The monoisotopic (exact) mass is 257 g/mol. The highest BCUT2D eigenvalue weighted by atomic mass is 35.5. The number of aromatic amines is 1. The van der Waals surface area contributed by atoms with Crippen molar-refractivity contribution in [3.63, 3.8) is 0 Å². The summed E-state index contributed by atoms with van der Waals surface area (Å²) in [4.78, 5) is 20.5. The van der Waals surface area contributed by atoms with Crippen molar-refractivity contribution in [1.29, 1.82) is 0 Å². The van der Waals surface area contributed by atoms with E-state index in [0.29, 0.717) is 30.8 Å². The van der Waals surface area contributed by atoms with Gasteiger partial charge < -0.3 is 14.6 Å². The Morgan fingerprint density at radius 3 is 2.88 bits per heavy atom. The normalized spacial score (nSPS) is 17.2. The molecule has 1 aliphatic rings. The van der Waals surface area contributed by atoms with Crippen molar-refractivity contribution in [2.75, 3.05) is 19.7 Å². The Kier molecular flexibility index (Phi) is 3.89. The average Bonchev–Trinajstić information content (AvgIpc) is 2.76. The van der Waals surface area contributed by atoms with E-state index in [-0.39, 0.29) is 6.09 Å². The lowest BCUT2D eigenvalue weighted by molar-refractivity contribution is 0.0966. The number of imidazole rings is 1. The third kappa shape index (κ3) is 2.91. The largest absolute Gasteiger partial charge is 0.450 e. The van der Waals surface area contributed by atoms with E-state index in [9.17, 15) is 4.79 Å². The number of carbonyl (C=O) groups excluding carboxylic acids is 1. The summed E-state index contributed by atoms with van der Waals surface area (Å²) in [5.41, 5.74) is 0. The van der Waals surface area contributed by atoms with Gasteiger partial charge in [0.25, 0.3) is 0 Å². The van der Waals surface area contributed by atoms with Crippen LogP contribution in [0.2, 0.25) is 5.15 Å². The van der Waals surface area contributed by atoms with Gasteiger partial charge in [0.2, 0.25) is 0 Å². The molecule has 2 rings (SSSR count). The van der Waals surface area contributed by atoms with E-state index in [2.05, 4.69) is 9.97 Å². The van der Waals surface area contributed by atoms with Gasteiger partial charge in [-0.05, 0) is 19.8 Å². The lowest BCUT2D eigenvalue weighted by atomic mass is 9.96. The van der Waals surface area contributed by atoms with Crippen LogP contribution >= 0.6 is 11.6 Å². The Morgan fingerprint density at radius 2 is 2.35 bits per heavy atom. The Balaban J connectivity index is 1.88. The molecular weight excluding hydrogens is 242 g/mol. The van der Waals surface area contributed by atoms with Gasteiger partial charge in [-0.1, -0.05) is 11.6 Å². The molecule has 0 spiro atoms. The first-order valence-electron chi connectivity index (χ1n) is 5.82. The zero-order valence-corrected chi connectivity index (χ0v) is 10.5. The van der Waals surface area contributed by atoms with Crippen LogP contribution in [0.4, 0.5) is 4.79 Å². The van der Waals surface area contributed by atoms with Gasteiger partial charge in [-0.25, -0.2) is 9.78 Å². The van der Waals surface area contributed by atoms with E-state index < -0.39 is 0 Å². The molecule has 94 valence electrons. The Labute approximate surface area is 105 Å². The number of amides is 1. The van der Waals surface area contributed by atoms with Gasteiger partial charge in [-0.2, -0.15) is 0 Å². The average molecular weight is 258 g/mol. The third-order valence-corrected chi connectivity index (χ3v) is 3.16. The van der Waals surface area contributed by atoms with Gasteiger partial charge in [0.1, 0.15) is 11.0 Å². The van der Waals surface area contributed by atoms with Gasteiger partial charge in [-0.3, -0.25) is 0 Å². The topological polar surface area (TPSA) is 58.2 Å². The molecule has 5 nitrogen and oxygen atoms in total. The van der Waals surface area contributed by atoms with Crippen LogP contribution < -0.4 is 0 Å². The van der Waals surface area contributed by atoms with Crippen molar-refractivity contribution in [1.82, 2.24) is 14.9 Å². The maximum atomic E-state index is 11.5. The van der Waals surface area contributed by atoms with E-state index in [1.807, 2.05) is 6.92 Å². The van der Waals surface area contributed by atoms with Gasteiger partial charge in [0, 0.05) is 19.0 Å². The maximum absolute atomic E-state index is 11.5. The number of piperidine rings is 1. The molecule has 0 aliphatic carbocycles. The fraction of sp³-hybridized carbons (Fsp3) is 0.636. The molecule has 0 unspecified atom stereocenters. The molecule has 6 heteroatoms. The summed E-state index contributed by atoms with van der Waals surface area (Å²) in [7, 11) is 0. The van der Waals surface area contributed by atoms with E-state index in [4.69, 9.17) is 16.3 Å². The van der Waals surface area contributed by atoms with E-state index >= 15 is 0 Å². The molecule has 1 amide bonds. The van der Waals surface area contributed by atoms with Crippen LogP contribution in [0.3, 0.4) is 0 Å². The highest BCUT2D eigenvalue weighted by Crippen LogP contribution is 2.26. The van der Waals surface area contributed by atoms with Crippen LogP contribution in [-0.4, -0.2) is 40.7 Å². The molecule has 1 saturated heterocycles. The number of likely N-dealkylation sites (tertiary alicyclic amines) is 1. The van der Waals surface area contributed by atoms with Crippen molar-refractivity contribution >= 4 is 17.7 Å². The molecule has 0 saturated carbocycles. The maximum Gasteiger partial charge on any atom is 0.409 e. The predicted octanol–water partition coefficient (Wildman–Crippen LogP) is 2.40. The van der Waals surface area contributed by atoms with Gasteiger partial charge in [0.15, 0.2) is 0 Å². The highest BCUT2D eigenvalue weighted by Gasteiger charge is 2.25. The minimum atomic E-state index is -0.219. The minimum absolute atomic E-state index is 0.219. The number of nitrogens with zero attached hydrogens (tertiary/aromatic N) is 2. The molecule has 1 fully saturated rings. The number of ether oxygens (including phenoxy) is 1. The van der Waals surface area contributed by atoms with Crippen LogP contribution in [0.15, 0.2) is 6.20 Å². The van der Waals surface area contributed by atoms with Crippen molar-refractivity contribution < 1.29 is 9.53 Å². The van der Waals surface area contributed by atoms with Crippen LogP contribution in [0, 0.1) is 0 Å². The molecule has 2 heterocycles.